The lowest BCUT2D eigenvalue weighted by molar-refractivity contribution is 1.02. The number of aryl methyl sites for hydroxylation is 1. The van der Waals surface area contributed by atoms with Crippen LogP contribution in [-0.4, -0.2) is 0 Å². The monoisotopic (exact) mass is 238 g/mol. The van der Waals surface area contributed by atoms with Crippen LogP contribution in [0.25, 0.3) is 20.2 Å². The van der Waals surface area contributed by atoms with Gasteiger partial charge in [-0.25, -0.2) is 0 Å². The van der Waals surface area contributed by atoms with Gasteiger partial charge in [0, 0.05) is 20.2 Å². The zero-order valence-corrected chi connectivity index (χ0v) is 10.5. The summed E-state index contributed by atoms with van der Waals surface area (Å²) in [5.41, 5.74) is 1.45. The van der Waals surface area contributed by atoms with Crippen LogP contribution in [0, 0.1) is 0 Å². The van der Waals surface area contributed by atoms with E-state index < -0.39 is 0 Å². The minimum absolute atomic E-state index is 1.05. The van der Waals surface area contributed by atoms with Crippen LogP contribution in [0.5, 0.6) is 0 Å². The summed E-state index contributed by atoms with van der Waals surface area (Å²) in [5, 5.41) is 2.78. The van der Waals surface area contributed by atoms with Gasteiger partial charge in [0.05, 0.1) is 0 Å². The second-order valence-corrected chi connectivity index (χ2v) is 5.27. The Kier molecular flexibility index (Phi) is 2.69. The van der Waals surface area contributed by atoms with E-state index in [4.69, 9.17) is 0 Å². The van der Waals surface area contributed by atoms with E-state index in [1.165, 1.54) is 25.7 Å². The summed E-state index contributed by atoms with van der Waals surface area (Å²) in [6.45, 7) is 3.80. The quantitative estimate of drug-likeness (QED) is 0.552. The van der Waals surface area contributed by atoms with Gasteiger partial charge in [0.15, 0.2) is 0 Å². The molecule has 0 fully saturated rings. The van der Waals surface area contributed by atoms with Crippen molar-refractivity contribution in [1.29, 1.82) is 0 Å². The molecule has 0 aliphatic rings. The molecule has 84 valence electrons. The highest BCUT2D eigenvalue weighted by Crippen LogP contribution is 2.35. The fourth-order valence-corrected chi connectivity index (χ4v) is 3.50. The molecule has 1 aromatic heterocycles. The van der Waals surface area contributed by atoms with Gasteiger partial charge in [-0.1, -0.05) is 42.5 Å². The van der Waals surface area contributed by atoms with Crippen molar-refractivity contribution in [2.24, 2.45) is 0 Å². The van der Waals surface area contributed by atoms with Gasteiger partial charge in [0.25, 0.3) is 0 Å². The van der Waals surface area contributed by atoms with Gasteiger partial charge in [-0.3, -0.25) is 0 Å². The third-order valence-electron chi connectivity index (χ3n) is 3.10. The Morgan fingerprint density at radius 3 is 2.71 bits per heavy atom. The molecule has 0 atom stereocenters. The van der Waals surface area contributed by atoms with Crippen LogP contribution in [0.3, 0.4) is 0 Å². The van der Waals surface area contributed by atoms with Gasteiger partial charge in [0.1, 0.15) is 0 Å². The molecule has 2 aromatic carbocycles. The summed E-state index contributed by atoms with van der Waals surface area (Å²) in [7, 11) is 0. The smallest absolute Gasteiger partial charge is 0.0387 e. The van der Waals surface area contributed by atoms with Gasteiger partial charge >= 0.3 is 0 Å². The number of hydrogen-bond acceptors (Lipinski definition) is 1. The normalized spacial score (nSPS) is 11.1. The molecule has 17 heavy (non-hydrogen) atoms. The summed E-state index contributed by atoms with van der Waals surface area (Å²) >= 11 is 1.90. The van der Waals surface area contributed by atoms with E-state index in [1.54, 1.807) is 0 Å². The topological polar surface area (TPSA) is 0 Å². The van der Waals surface area contributed by atoms with Crippen LogP contribution < -0.4 is 0 Å². The molecule has 3 rings (SSSR count). The first-order chi connectivity index (χ1) is 8.40. The fourth-order valence-electron chi connectivity index (χ4n) is 2.26. The third-order valence-corrected chi connectivity index (χ3v) is 4.37. The fraction of sp³-hybridized carbons (Fsp3) is 0.125. The van der Waals surface area contributed by atoms with E-state index in [2.05, 4.69) is 49.0 Å². The highest BCUT2D eigenvalue weighted by molar-refractivity contribution is 7.26. The van der Waals surface area contributed by atoms with Gasteiger partial charge < -0.3 is 0 Å². The standard InChI is InChI=1S/C16H14S/c1-2-3-7-12-8-6-10-14-13-9-4-5-11-15(13)17-16(12)14/h2,4-6,8-11H,1,3,7H2. The van der Waals surface area contributed by atoms with Crippen molar-refractivity contribution in [1.82, 2.24) is 0 Å². The predicted octanol–water partition coefficient (Wildman–Crippen LogP) is 5.17. The second-order valence-electron chi connectivity index (χ2n) is 4.22. The van der Waals surface area contributed by atoms with E-state index in [-0.39, 0.29) is 0 Å². The molecule has 1 heteroatoms. The minimum atomic E-state index is 1.05. The van der Waals surface area contributed by atoms with Crippen molar-refractivity contribution in [3.8, 4) is 0 Å². The molecule has 0 bridgehead atoms. The third kappa shape index (κ3) is 1.77. The van der Waals surface area contributed by atoms with Crippen molar-refractivity contribution in [2.45, 2.75) is 12.8 Å². The van der Waals surface area contributed by atoms with Crippen LogP contribution in [0.1, 0.15) is 12.0 Å². The Hall–Kier alpha value is -1.60. The average molecular weight is 238 g/mol. The molecule has 0 amide bonds. The Morgan fingerprint density at radius 2 is 1.82 bits per heavy atom. The highest BCUT2D eigenvalue weighted by Gasteiger charge is 2.07. The van der Waals surface area contributed by atoms with Crippen molar-refractivity contribution < 1.29 is 0 Å². The summed E-state index contributed by atoms with van der Waals surface area (Å²) in [4.78, 5) is 0. The van der Waals surface area contributed by atoms with E-state index in [0.717, 1.165) is 12.8 Å². The number of allylic oxidation sites excluding steroid dienone is 1. The highest BCUT2D eigenvalue weighted by atomic mass is 32.1. The molecule has 0 saturated carbocycles. The van der Waals surface area contributed by atoms with E-state index >= 15 is 0 Å². The van der Waals surface area contributed by atoms with Crippen LogP contribution in [0.15, 0.2) is 55.1 Å². The van der Waals surface area contributed by atoms with E-state index in [0.29, 0.717) is 0 Å². The average Bonchev–Trinajstić information content (AvgIpc) is 2.75. The summed E-state index contributed by atoms with van der Waals surface area (Å²) < 4.78 is 2.82. The zero-order chi connectivity index (χ0) is 11.7. The van der Waals surface area contributed by atoms with Crippen LogP contribution in [0.4, 0.5) is 0 Å². The van der Waals surface area contributed by atoms with Gasteiger partial charge in [-0.05, 0) is 24.5 Å². The van der Waals surface area contributed by atoms with Crippen molar-refractivity contribution in [2.75, 3.05) is 0 Å². The van der Waals surface area contributed by atoms with Crippen LogP contribution in [0.2, 0.25) is 0 Å². The lowest BCUT2D eigenvalue weighted by atomic mass is 10.1. The first kappa shape index (κ1) is 10.5. The summed E-state index contributed by atoms with van der Waals surface area (Å²) in [6, 6.07) is 15.3. The molecule has 0 nitrogen and oxygen atoms in total. The summed E-state index contributed by atoms with van der Waals surface area (Å²) in [6.07, 6.45) is 4.13. The summed E-state index contributed by atoms with van der Waals surface area (Å²) in [5.74, 6) is 0. The largest absolute Gasteiger partial charge is 0.135 e. The number of fused-ring (bicyclic) bond motifs is 3. The maximum absolute atomic E-state index is 3.80. The lowest BCUT2D eigenvalue weighted by Crippen LogP contribution is -1.82. The first-order valence-corrected chi connectivity index (χ1v) is 6.72. The van der Waals surface area contributed by atoms with E-state index in [9.17, 15) is 0 Å². The molecule has 0 radical (unpaired) electrons. The van der Waals surface area contributed by atoms with Crippen LogP contribution in [-0.2, 0) is 6.42 Å². The van der Waals surface area contributed by atoms with Gasteiger partial charge in [-0.2, -0.15) is 0 Å². The minimum Gasteiger partial charge on any atom is -0.135 e. The van der Waals surface area contributed by atoms with Crippen molar-refractivity contribution in [3.63, 3.8) is 0 Å². The number of hydrogen-bond donors (Lipinski definition) is 0. The maximum Gasteiger partial charge on any atom is 0.0387 e. The van der Waals surface area contributed by atoms with Crippen molar-refractivity contribution >= 4 is 31.5 Å². The predicted molar refractivity (Wildman–Crippen MR) is 77.8 cm³/mol. The number of thiophene rings is 1. The molecule has 0 aliphatic heterocycles. The molecule has 3 aromatic rings. The van der Waals surface area contributed by atoms with Gasteiger partial charge in [0.2, 0.25) is 0 Å². The molecule has 1 heterocycles. The van der Waals surface area contributed by atoms with Crippen LogP contribution >= 0.6 is 11.3 Å². The lowest BCUT2D eigenvalue weighted by Gasteiger charge is -2.00. The molecule has 0 saturated heterocycles. The maximum atomic E-state index is 3.80. The first-order valence-electron chi connectivity index (χ1n) is 5.90. The second kappa shape index (κ2) is 4.34. The molecule has 0 unspecified atom stereocenters. The Morgan fingerprint density at radius 1 is 1.00 bits per heavy atom. The molecule has 0 spiro atoms. The van der Waals surface area contributed by atoms with E-state index in [1.807, 2.05) is 17.4 Å². The SMILES string of the molecule is C=CCCc1cccc2c1sc1ccccc12. The molecular weight excluding hydrogens is 224 g/mol. The molecule has 0 aliphatic carbocycles. The number of rotatable bonds is 3. The zero-order valence-electron chi connectivity index (χ0n) is 9.65. The van der Waals surface area contributed by atoms with Gasteiger partial charge in [-0.15, -0.1) is 17.9 Å². The Bertz CT molecular complexity index is 676. The number of benzene rings is 2. The van der Waals surface area contributed by atoms with Crippen molar-refractivity contribution in [3.05, 3.63) is 60.7 Å². The Labute approximate surface area is 105 Å². The molecular formula is C16H14S. The molecule has 0 N–H and O–H groups in total. The Balaban J connectivity index is 2.27.